The van der Waals surface area contributed by atoms with Crippen molar-refractivity contribution in [3.8, 4) is 0 Å². The molecule has 1 aromatic rings. The molecular formula is C13H20N2OS. The zero-order chi connectivity index (χ0) is 12.7. The molecule has 0 saturated carbocycles. The van der Waals surface area contributed by atoms with Crippen LogP contribution in [0.2, 0.25) is 0 Å². The number of thioether (sulfide) groups is 1. The van der Waals surface area contributed by atoms with Crippen LogP contribution in [0.1, 0.15) is 37.0 Å². The highest BCUT2D eigenvalue weighted by atomic mass is 32.2. The minimum atomic E-state index is -0.225. The maximum atomic E-state index is 11.5. The second kappa shape index (κ2) is 7.35. The van der Waals surface area contributed by atoms with Crippen LogP contribution < -0.4 is 11.3 Å². The summed E-state index contributed by atoms with van der Waals surface area (Å²) in [6.07, 6.45) is 2.39. The van der Waals surface area contributed by atoms with Gasteiger partial charge in [-0.3, -0.25) is 10.2 Å². The van der Waals surface area contributed by atoms with Crippen molar-refractivity contribution >= 4 is 17.7 Å². The average Bonchev–Trinajstić information content (AvgIpc) is 2.34. The molecule has 1 aromatic carbocycles. The van der Waals surface area contributed by atoms with Crippen LogP contribution >= 0.6 is 11.8 Å². The number of amides is 1. The lowest BCUT2D eigenvalue weighted by atomic mass is 10.1. The first kappa shape index (κ1) is 14.1. The lowest BCUT2D eigenvalue weighted by molar-refractivity contribution is 0.0950. The molecule has 0 spiro atoms. The highest BCUT2D eigenvalue weighted by molar-refractivity contribution is 7.99. The van der Waals surface area contributed by atoms with E-state index < -0.39 is 0 Å². The zero-order valence-corrected chi connectivity index (χ0v) is 11.2. The summed E-state index contributed by atoms with van der Waals surface area (Å²) in [6, 6.07) is 7.55. The fourth-order valence-corrected chi connectivity index (χ4v) is 2.55. The van der Waals surface area contributed by atoms with Crippen LogP contribution in [-0.4, -0.2) is 11.7 Å². The van der Waals surface area contributed by atoms with E-state index >= 15 is 0 Å². The summed E-state index contributed by atoms with van der Waals surface area (Å²) in [6.45, 7) is 4.45. The molecule has 0 atom stereocenters. The Bertz CT molecular complexity index is 366. The fraction of sp³-hybridized carbons (Fsp3) is 0.462. The number of carbonyl (C=O) groups is 1. The monoisotopic (exact) mass is 252 g/mol. The third-order valence-corrected chi connectivity index (χ3v) is 3.61. The highest BCUT2D eigenvalue weighted by Crippen LogP contribution is 2.24. The van der Waals surface area contributed by atoms with E-state index in [9.17, 15) is 4.79 Å². The van der Waals surface area contributed by atoms with Crippen molar-refractivity contribution in [2.24, 2.45) is 11.8 Å². The summed E-state index contributed by atoms with van der Waals surface area (Å²) >= 11 is 1.72. The lowest BCUT2D eigenvalue weighted by Crippen LogP contribution is -2.30. The van der Waals surface area contributed by atoms with Crippen molar-refractivity contribution in [3.05, 3.63) is 29.8 Å². The van der Waals surface area contributed by atoms with Crippen molar-refractivity contribution in [2.45, 2.75) is 31.6 Å². The van der Waals surface area contributed by atoms with Gasteiger partial charge in [-0.2, -0.15) is 0 Å². The Morgan fingerprint density at radius 3 is 2.76 bits per heavy atom. The minimum Gasteiger partial charge on any atom is -0.290 e. The Balaban J connectivity index is 2.55. The van der Waals surface area contributed by atoms with Gasteiger partial charge in [0.25, 0.3) is 5.91 Å². The van der Waals surface area contributed by atoms with Gasteiger partial charge in [0.15, 0.2) is 0 Å². The number of hydrogen-bond acceptors (Lipinski definition) is 3. The SMILES string of the molecule is CC(C)CCCSc1ccccc1C(=O)NN. The first-order valence-corrected chi connectivity index (χ1v) is 6.86. The molecule has 0 heterocycles. The molecule has 0 saturated heterocycles. The number of nitrogens with one attached hydrogen (secondary N) is 1. The number of nitrogens with two attached hydrogens (primary N) is 1. The van der Waals surface area contributed by atoms with E-state index in [4.69, 9.17) is 5.84 Å². The normalized spacial score (nSPS) is 10.6. The Kier molecular flexibility index (Phi) is 6.08. The number of nitrogen functional groups attached to an aromatic ring is 1. The molecule has 0 aliphatic heterocycles. The predicted molar refractivity (Wildman–Crippen MR) is 72.9 cm³/mol. The van der Waals surface area contributed by atoms with Gasteiger partial charge in [-0.15, -0.1) is 11.8 Å². The van der Waals surface area contributed by atoms with Gasteiger partial charge in [0.1, 0.15) is 0 Å². The lowest BCUT2D eigenvalue weighted by Gasteiger charge is -2.08. The molecule has 1 amide bonds. The molecule has 17 heavy (non-hydrogen) atoms. The smallest absolute Gasteiger partial charge is 0.266 e. The van der Waals surface area contributed by atoms with Crippen LogP contribution in [0.25, 0.3) is 0 Å². The van der Waals surface area contributed by atoms with Crippen LogP contribution in [0.4, 0.5) is 0 Å². The van der Waals surface area contributed by atoms with Crippen LogP contribution in [0.3, 0.4) is 0 Å². The molecule has 0 aliphatic carbocycles. The number of carbonyl (C=O) groups excluding carboxylic acids is 1. The van der Waals surface area contributed by atoms with Gasteiger partial charge in [0, 0.05) is 4.90 Å². The standard InChI is InChI=1S/C13H20N2OS/c1-10(2)6-5-9-17-12-8-4-3-7-11(12)13(16)15-14/h3-4,7-8,10H,5-6,9,14H2,1-2H3,(H,15,16). The maximum Gasteiger partial charge on any atom is 0.266 e. The summed E-state index contributed by atoms with van der Waals surface area (Å²) < 4.78 is 0. The summed E-state index contributed by atoms with van der Waals surface area (Å²) in [4.78, 5) is 12.5. The van der Waals surface area contributed by atoms with Crippen molar-refractivity contribution in [1.82, 2.24) is 5.43 Å². The molecule has 0 fully saturated rings. The van der Waals surface area contributed by atoms with Crippen molar-refractivity contribution in [1.29, 1.82) is 0 Å². The number of rotatable bonds is 6. The third-order valence-electron chi connectivity index (χ3n) is 2.45. The summed E-state index contributed by atoms with van der Waals surface area (Å²) in [5.74, 6) is 6.70. The average molecular weight is 252 g/mol. The first-order chi connectivity index (χ1) is 8.15. The Labute approximate surface area is 107 Å². The first-order valence-electron chi connectivity index (χ1n) is 5.88. The van der Waals surface area contributed by atoms with E-state index in [1.54, 1.807) is 17.8 Å². The second-order valence-corrected chi connectivity index (χ2v) is 5.49. The van der Waals surface area contributed by atoms with E-state index in [1.165, 1.54) is 12.8 Å². The molecular weight excluding hydrogens is 232 g/mol. The van der Waals surface area contributed by atoms with Gasteiger partial charge < -0.3 is 0 Å². The maximum absolute atomic E-state index is 11.5. The van der Waals surface area contributed by atoms with Gasteiger partial charge in [-0.25, -0.2) is 5.84 Å². The highest BCUT2D eigenvalue weighted by Gasteiger charge is 2.09. The molecule has 0 bridgehead atoms. The van der Waals surface area contributed by atoms with Gasteiger partial charge in [-0.05, 0) is 30.2 Å². The Morgan fingerprint density at radius 1 is 1.41 bits per heavy atom. The third kappa shape index (κ3) is 4.79. The Hall–Kier alpha value is -1.00. The van der Waals surface area contributed by atoms with E-state index in [-0.39, 0.29) is 5.91 Å². The van der Waals surface area contributed by atoms with Crippen molar-refractivity contribution in [2.75, 3.05) is 5.75 Å². The number of benzene rings is 1. The van der Waals surface area contributed by atoms with Crippen LogP contribution in [0.5, 0.6) is 0 Å². The predicted octanol–water partition coefficient (Wildman–Crippen LogP) is 2.82. The van der Waals surface area contributed by atoms with Gasteiger partial charge in [-0.1, -0.05) is 32.4 Å². The fourth-order valence-electron chi connectivity index (χ4n) is 1.53. The second-order valence-electron chi connectivity index (χ2n) is 4.35. The molecule has 1 rings (SSSR count). The summed E-state index contributed by atoms with van der Waals surface area (Å²) in [5, 5.41) is 0. The molecule has 94 valence electrons. The quantitative estimate of drug-likeness (QED) is 0.269. The van der Waals surface area contributed by atoms with Crippen LogP contribution in [-0.2, 0) is 0 Å². The molecule has 3 nitrogen and oxygen atoms in total. The van der Waals surface area contributed by atoms with Crippen molar-refractivity contribution < 1.29 is 4.79 Å². The van der Waals surface area contributed by atoms with Crippen LogP contribution in [0, 0.1) is 5.92 Å². The summed E-state index contributed by atoms with van der Waals surface area (Å²) in [7, 11) is 0. The van der Waals surface area contributed by atoms with Crippen LogP contribution in [0.15, 0.2) is 29.2 Å². The van der Waals surface area contributed by atoms with Gasteiger partial charge >= 0.3 is 0 Å². The molecule has 0 radical (unpaired) electrons. The van der Waals surface area contributed by atoms with Gasteiger partial charge in [0.2, 0.25) is 0 Å². The minimum absolute atomic E-state index is 0.225. The van der Waals surface area contributed by atoms with Crippen molar-refractivity contribution in [3.63, 3.8) is 0 Å². The largest absolute Gasteiger partial charge is 0.290 e. The van der Waals surface area contributed by atoms with Gasteiger partial charge in [0.05, 0.1) is 5.56 Å². The molecule has 3 N–H and O–H groups in total. The molecule has 0 aromatic heterocycles. The topological polar surface area (TPSA) is 55.1 Å². The van der Waals surface area contributed by atoms with E-state index in [2.05, 4.69) is 19.3 Å². The van der Waals surface area contributed by atoms with E-state index in [1.807, 2.05) is 18.2 Å². The zero-order valence-electron chi connectivity index (χ0n) is 10.4. The molecule has 0 aliphatic rings. The molecule has 4 heteroatoms. The number of hydrazine groups is 1. The molecule has 0 unspecified atom stereocenters. The summed E-state index contributed by atoms with van der Waals surface area (Å²) in [5.41, 5.74) is 2.84. The number of hydrogen-bond donors (Lipinski definition) is 2. The van der Waals surface area contributed by atoms with E-state index in [0.29, 0.717) is 5.56 Å². The Morgan fingerprint density at radius 2 is 2.12 bits per heavy atom. The van der Waals surface area contributed by atoms with E-state index in [0.717, 1.165) is 16.6 Å².